The number of pyridine rings is 1. The summed E-state index contributed by atoms with van der Waals surface area (Å²) in [6.07, 6.45) is 1.90. The number of methoxy groups -OCH3 is 1. The summed E-state index contributed by atoms with van der Waals surface area (Å²) in [5.74, 6) is -1.58. The predicted molar refractivity (Wildman–Crippen MR) is 203 cm³/mol. The fourth-order valence-corrected chi connectivity index (χ4v) is 9.49. The van der Waals surface area contributed by atoms with Gasteiger partial charge in [0.2, 0.25) is 18.0 Å². The highest BCUT2D eigenvalue weighted by Crippen LogP contribution is 2.60. The largest absolute Gasteiger partial charge is 0.465 e. The van der Waals surface area contributed by atoms with Crippen LogP contribution in [-0.4, -0.2) is 71.6 Å². The lowest BCUT2D eigenvalue weighted by molar-refractivity contribution is -0.576. The molecule has 294 valence electrons. The van der Waals surface area contributed by atoms with Gasteiger partial charge in [-0.1, -0.05) is 45.9 Å². The molecule has 1 aliphatic carbocycles. The number of aromatic amines is 1. The average Bonchev–Trinajstić information content (AvgIpc) is 3.41. The second kappa shape index (κ2) is 14.0. The number of hydrogen-bond donors (Lipinski definition) is 2. The molecule has 5 fully saturated rings. The van der Waals surface area contributed by atoms with Gasteiger partial charge in [-0.25, -0.2) is 14.6 Å². The van der Waals surface area contributed by atoms with E-state index in [1.165, 1.54) is 7.11 Å². The van der Waals surface area contributed by atoms with Crippen LogP contribution in [0.15, 0.2) is 47.5 Å². The van der Waals surface area contributed by atoms with Crippen molar-refractivity contribution >= 4 is 50.7 Å². The number of amides is 1. The molecule has 0 radical (unpaired) electrons. The van der Waals surface area contributed by atoms with Crippen molar-refractivity contribution in [2.45, 2.75) is 97.1 Å². The van der Waals surface area contributed by atoms with Crippen LogP contribution in [0.3, 0.4) is 0 Å². The van der Waals surface area contributed by atoms with Gasteiger partial charge in [-0.3, -0.25) is 14.6 Å². The number of nitrogens with zero attached hydrogens (tertiary/aromatic N) is 2. The maximum absolute atomic E-state index is 13.2. The van der Waals surface area contributed by atoms with E-state index in [9.17, 15) is 14.4 Å². The molecular formula is C42H52N4O9. The number of nitrogens with one attached hydrogen (secondary N) is 2. The monoisotopic (exact) mass is 756 g/mol. The molecule has 2 bridgehead atoms. The predicted octanol–water partition coefficient (Wildman–Crippen LogP) is 6.17. The number of ether oxygens (including phenoxy) is 4. The van der Waals surface area contributed by atoms with Crippen LogP contribution < -0.4 is 10.7 Å². The molecule has 0 unspecified atom stereocenters. The van der Waals surface area contributed by atoms with Crippen LogP contribution in [0.1, 0.15) is 83.5 Å². The first kappa shape index (κ1) is 37.6. The van der Waals surface area contributed by atoms with Crippen LogP contribution in [0.4, 0.5) is 0 Å². The molecule has 2 aromatic heterocycles. The molecule has 6 heterocycles. The molecule has 4 saturated heterocycles. The zero-order valence-electron chi connectivity index (χ0n) is 32.7. The smallest absolute Gasteiger partial charge is 0.337 e. The Morgan fingerprint density at radius 1 is 1.04 bits per heavy atom. The highest BCUT2D eigenvalue weighted by atomic mass is 17.3. The van der Waals surface area contributed by atoms with Crippen LogP contribution in [0.25, 0.3) is 32.8 Å². The molecule has 55 heavy (non-hydrogen) atoms. The van der Waals surface area contributed by atoms with E-state index in [1.807, 2.05) is 65.1 Å². The minimum Gasteiger partial charge on any atom is -0.465 e. The summed E-state index contributed by atoms with van der Waals surface area (Å²) < 4.78 is 25.8. The van der Waals surface area contributed by atoms with E-state index >= 15 is 0 Å². The number of rotatable bonds is 9. The number of carbonyl (C=O) groups excluding carboxylic acids is 3. The minimum atomic E-state index is -0.921. The second-order valence-corrected chi connectivity index (χ2v) is 17.0. The number of hydrogen-bond acceptors (Lipinski definition) is 10. The minimum absolute atomic E-state index is 0.0266. The first-order valence-corrected chi connectivity index (χ1v) is 19.5. The molecular weight excluding hydrogens is 704 g/mol. The van der Waals surface area contributed by atoms with Gasteiger partial charge in [-0.15, -0.1) is 0 Å². The molecule has 1 saturated carbocycles. The van der Waals surface area contributed by atoms with Crippen LogP contribution in [0.5, 0.6) is 0 Å². The van der Waals surface area contributed by atoms with Crippen LogP contribution in [0, 0.1) is 29.1 Å². The molecule has 1 amide bonds. The van der Waals surface area contributed by atoms with E-state index in [1.54, 1.807) is 6.07 Å². The van der Waals surface area contributed by atoms with E-state index in [0.29, 0.717) is 31.0 Å². The second-order valence-electron chi connectivity index (χ2n) is 17.0. The maximum Gasteiger partial charge on any atom is 0.337 e. The molecule has 4 aromatic rings. The molecule has 5 aliphatic rings. The molecule has 8 atom stereocenters. The van der Waals surface area contributed by atoms with Gasteiger partial charge in [-0.05, 0) is 62.3 Å². The maximum atomic E-state index is 13.2. The number of aromatic nitrogens is 2. The van der Waals surface area contributed by atoms with E-state index in [0.717, 1.165) is 57.5 Å². The van der Waals surface area contributed by atoms with Gasteiger partial charge in [0, 0.05) is 66.5 Å². The van der Waals surface area contributed by atoms with Gasteiger partial charge in [0.15, 0.2) is 11.9 Å². The van der Waals surface area contributed by atoms with E-state index in [-0.39, 0.29) is 36.5 Å². The third-order valence-corrected chi connectivity index (χ3v) is 12.6. The Morgan fingerprint density at radius 2 is 1.84 bits per heavy atom. The molecule has 4 aliphatic heterocycles. The first-order chi connectivity index (χ1) is 26.2. The number of aryl methyl sites for hydroxylation is 1. The SMILES string of the molecule is COC(=O)c1ccc2c(c1)c(=NCC(C)(C)CNC(=O)CCC(=O)O[C@H]1O[C@@H]3O[C@@]4(C)CC[C@H]5[C@H](C)CC[C@@H]([C@H]1C)[C@@]35OO4)c1c3ccccc3[nH]c1n2C. The van der Waals surface area contributed by atoms with E-state index in [4.69, 9.17) is 33.7 Å². The number of H-pyrrole nitrogens is 1. The fourth-order valence-electron chi connectivity index (χ4n) is 9.49. The standard InChI is InChI=1S/C42H52N4O9/c1-23-12-14-29-24(2)38(52-39-42(29)28(23)18-19-41(5,53-39)54-55-42)51-33(48)17-16-32(47)43-21-40(3,4)22-44-35-27-20-25(37(49)50-7)13-15-31(27)46(6)36-34(35)26-10-8-9-11-30(26)45-36/h8-11,13,15,20,23-24,28-29,38-39,45H,12,14,16-19,21-22H2,1-7H3,(H,43,47)/t23-,24-,28+,29+,38+,39-,41-,42-/m1/s1. The number of esters is 2. The van der Waals surface area contributed by atoms with Crippen molar-refractivity contribution in [1.82, 2.24) is 14.9 Å². The van der Waals surface area contributed by atoms with Crippen molar-refractivity contribution in [3.8, 4) is 0 Å². The van der Waals surface area contributed by atoms with Crippen molar-refractivity contribution in [1.29, 1.82) is 0 Å². The topological polar surface area (TPSA) is 152 Å². The Balaban J connectivity index is 0.935. The number of fused-ring (bicyclic) bond motifs is 6. The van der Waals surface area contributed by atoms with Gasteiger partial charge in [0.1, 0.15) is 5.65 Å². The van der Waals surface area contributed by atoms with E-state index < -0.39 is 41.3 Å². The summed E-state index contributed by atoms with van der Waals surface area (Å²) in [5.41, 5.74) is 2.03. The molecule has 2 aromatic carbocycles. The quantitative estimate of drug-likeness (QED) is 0.151. The summed E-state index contributed by atoms with van der Waals surface area (Å²) in [6.45, 7) is 10.9. The third kappa shape index (κ3) is 6.52. The van der Waals surface area contributed by atoms with Gasteiger partial charge in [-0.2, -0.15) is 0 Å². The Hall–Kier alpha value is -4.30. The summed E-state index contributed by atoms with van der Waals surface area (Å²) in [7, 11) is 3.35. The lowest BCUT2D eigenvalue weighted by Gasteiger charge is -2.59. The Kier molecular flexibility index (Phi) is 9.59. The van der Waals surface area contributed by atoms with Crippen LogP contribution >= 0.6 is 0 Å². The highest BCUT2D eigenvalue weighted by Gasteiger charge is 2.69. The Bertz CT molecular complexity index is 2240. The first-order valence-electron chi connectivity index (χ1n) is 19.5. The number of benzene rings is 2. The molecule has 1 spiro atoms. The zero-order valence-corrected chi connectivity index (χ0v) is 32.7. The van der Waals surface area contributed by atoms with Crippen molar-refractivity contribution in [3.05, 3.63) is 53.4 Å². The zero-order chi connectivity index (χ0) is 38.9. The summed E-state index contributed by atoms with van der Waals surface area (Å²) in [4.78, 5) is 59.6. The fraction of sp³-hybridized carbons (Fsp3) is 0.571. The van der Waals surface area contributed by atoms with Gasteiger partial charge in [0.25, 0.3) is 0 Å². The highest BCUT2D eigenvalue weighted by molar-refractivity contribution is 6.10. The van der Waals surface area contributed by atoms with Crippen molar-refractivity contribution in [2.24, 2.45) is 41.1 Å². The van der Waals surface area contributed by atoms with Crippen molar-refractivity contribution < 1.29 is 43.1 Å². The van der Waals surface area contributed by atoms with Gasteiger partial charge >= 0.3 is 11.9 Å². The van der Waals surface area contributed by atoms with Gasteiger partial charge in [0.05, 0.1) is 35.4 Å². The lowest BCUT2D eigenvalue weighted by Crippen LogP contribution is -2.70. The molecule has 13 heteroatoms. The normalized spacial score (nSPS) is 30.6. The summed E-state index contributed by atoms with van der Waals surface area (Å²) in [5, 5.41) is 6.55. The lowest BCUT2D eigenvalue weighted by atomic mass is 9.58. The number of carbonyl (C=O) groups is 3. The molecule has 9 rings (SSSR count). The van der Waals surface area contributed by atoms with Crippen molar-refractivity contribution in [3.63, 3.8) is 0 Å². The molecule has 2 N–H and O–H groups in total. The van der Waals surface area contributed by atoms with Crippen molar-refractivity contribution in [2.75, 3.05) is 20.2 Å². The van der Waals surface area contributed by atoms with Crippen LogP contribution in [0.2, 0.25) is 0 Å². The third-order valence-electron chi connectivity index (χ3n) is 12.6. The summed E-state index contributed by atoms with van der Waals surface area (Å²) in [6, 6.07) is 13.6. The van der Waals surface area contributed by atoms with E-state index in [2.05, 4.69) is 27.9 Å². The van der Waals surface area contributed by atoms with Gasteiger partial charge < -0.3 is 33.8 Å². The summed E-state index contributed by atoms with van der Waals surface area (Å²) >= 11 is 0. The Morgan fingerprint density at radius 3 is 2.64 bits per heavy atom. The Labute approximate surface area is 319 Å². The average molecular weight is 757 g/mol. The van der Waals surface area contributed by atoms with Crippen LogP contribution in [-0.2, 0) is 45.4 Å². The number of para-hydroxylation sites is 1. The molecule has 13 nitrogen and oxygen atoms in total.